The van der Waals surface area contributed by atoms with E-state index >= 15 is 0 Å². The summed E-state index contributed by atoms with van der Waals surface area (Å²) < 4.78 is 3.44. The number of nitrogens with two attached hydrogens (primary N) is 2. The van der Waals surface area contributed by atoms with Crippen LogP contribution in [0.15, 0.2) is 48.9 Å². The first kappa shape index (κ1) is 17.3. The first-order chi connectivity index (χ1) is 13.5. The Bertz CT molecular complexity index is 1260. The smallest absolute Gasteiger partial charge is 0.237 e. The highest BCUT2D eigenvalue weighted by Crippen LogP contribution is 2.36. The number of carbonyl (C=O) groups is 1. The molecule has 138 valence electrons. The van der Waals surface area contributed by atoms with Gasteiger partial charge in [0.25, 0.3) is 0 Å². The molecule has 0 atom stereocenters. The van der Waals surface area contributed by atoms with E-state index in [1.807, 2.05) is 49.8 Å². The Morgan fingerprint density at radius 1 is 1.25 bits per heavy atom. The van der Waals surface area contributed by atoms with Gasteiger partial charge in [-0.3, -0.25) is 9.48 Å². The maximum Gasteiger partial charge on any atom is 0.237 e. The van der Waals surface area contributed by atoms with E-state index in [-0.39, 0.29) is 17.9 Å². The maximum absolute atomic E-state index is 11.5. The first-order valence-electron chi connectivity index (χ1n) is 8.54. The van der Waals surface area contributed by atoms with Crippen molar-refractivity contribution >= 4 is 22.6 Å². The Balaban J connectivity index is 2.00. The number of pyridine rings is 1. The fourth-order valence-corrected chi connectivity index (χ4v) is 3.36. The average molecular weight is 371 g/mol. The quantitative estimate of drug-likeness (QED) is 0.567. The molecule has 4 aromatic rings. The summed E-state index contributed by atoms with van der Waals surface area (Å²) in [5.41, 5.74) is 15.5. The van der Waals surface area contributed by atoms with E-state index in [2.05, 4.69) is 16.2 Å². The van der Waals surface area contributed by atoms with E-state index in [1.165, 1.54) is 0 Å². The minimum Gasteiger partial charge on any atom is -0.383 e. The van der Waals surface area contributed by atoms with Crippen molar-refractivity contribution in [2.75, 3.05) is 5.73 Å². The summed E-state index contributed by atoms with van der Waals surface area (Å²) in [7, 11) is 1.81. The van der Waals surface area contributed by atoms with E-state index in [9.17, 15) is 10.1 Å². The second kappa shape index (κ2) is 6.55. The van der Waals surface area contributed by atoms with Crippen LogP contribution in [0.5, 0.6) is 0 Å². The monoisotopic (exact) mass is 371 g/mol. The zero-order valence-corrected chi connectivity index (χ0v) is 15.1. The molecule has 3 aromatic heterocycles. The van der Waals surface area contributed by atoms with Crippen LogP contribution in [0.3, 0.4) is 0 Å². The largest absolute Gasteiger partial charge is 0.383 e. The van der Waals surface area contributed by atoms with E-state index < -0.39 is 5.91 Å². The number of primary amides is 1. The molecule has 3 heterocycles. The van der Waals surface area contributed by atoms with Gasteiger partial charge in [-0.2, -0.15) is 10.4 Å². The van der Waals surface area contributed by atoms with Crippen LogP contribution in [0.4, 0.5) is 5.82 Å². The molecule has 1 aromatic carbocycles. The zero-order valence-electron chi connectivity index (χ0n) is 15.1. The molecule has 0 aliphatic carbocycles. The van der Waals surface area contributed by atoms with Gasteiger partial charge in [0, 0.05) is 47.0 Å². The number of nitrogens with zero attached hydrogens (tertiary/aromatic N) is 5. The summed E-state index contributed by atoms with van der Waals surface area (Å²) in [6.45, 7) is 0.0401. The van der Waals surface area contributed by atoms with Gasteiger partial charge in [-0.25, -0.2) is 4.98 Å². The standard InChI is InChI=1S/C20H17N7O/c1-26-9-12(8-24-26)17-6-14(15(7-21)20(23)25-17)16-10-27(11-19(22)28)18-5-3-2-4-13(16)18/h2-6,8-10H,11H2,1H3,(H2,22,28)(H2,23,25). The van der Waals surface area contributed by atoms with Gasteiger partial charge in [-0.1, -0.05) is 18.2 Å². The van der Waals surface area contributed by atoms with Crippen molar-refractivity contribution in [2.45, 2.75) is 6.54 Å². The third-order valence-corrected chi connectivity index (χ3v) is 4.56. The van der Waals surface area contributed by atoms with Crippen molar-refractivity contribution in [3.63, 3.8) is 0 Å². The van der Waals surface area contributed by atoms with E-state index in [1.54, 1.807) is 15.4 Å². The van der Waals surface area contributed by atoms with Crippen LogP contribution in [0.25, 0.3) is 33.3 Å². The SMILES string of the molecule is Cn1cc(-c2cc(-c3cn(CC(N)=O)c4ccccc34)c(C#N)c(N)n2)cn1. The third-order valence-electron chi connectivity index (χ3n) is 4.56. The Morgan fingerprint density at radius 3 is 2.71 bits per heavy atom. The number of para-hydroxylation sites is 1. The lowest BCUT2D eigenvalue weighted by Gasteiger charge is -2.08. The molecular weight excluding hydrogens is 354 g/mol. The minimum absolute atomic E-state index is 0.0401. The molecule has 1 amide bonds. The predicted octanol–water partition coefficient (Wildman–Crippen LogP) is 2.04. The highest BCUT2D eigenvalue weighted by Gasteiger charge is 2.18. The number of hydrogen-bond acceptors (Lipinski definition) is 5. The maximum atomic E-state index is 11.5. The van der Waals surface area contributed by atoms with Crippen molar-refractivity contribution in [1.29, 1.82) is 5.26 Å². The molecule has 0 aliphatic heterocycles. The molecule has 0 spiro atoms. The van der Waals surface area contributed by atoms with Crippen molar-refractivity contribution in [3.8, 4) is 28.5 Å². The van der Waals surface area contributed by atoms with E-state index in [4.69, 9.17) is 11.5 Å². The summed E-state index contributed by atoms with van der Waals surface area (Å²) in [5, 5.41) is 14.7. The fraction of sp³-hybridized carbons (Fsp3) is 0.100. The number of aryl methyl sites for hydroxylation is 1. The van der Waals surface area contributed by atoms with Crippen molar-refractivity contribution in [2.24, 2.45) is 12.8 Å². The molecule has 8 nitrogen and oxygen atoms in total. The summed E-state index contributed by atoms with van der Waals surface area (Å²) in [4.78, 5) is 15.9. The minimum atomic E-state index is -0.446. The zero-order chi connectivity index (χ0) is 19.8. The van der Waals surface area contributed by atoms with Crippen molar-refractivity contribution < 1.29 is 4.79 Å². The van der Waals surface area contributed by atoms with Crippen LogP contribution in [-0.2, 0) is 18.4 Å². The Labute approximate surface area is 160 Å². The van der Waals surface area contributed by atoms with E-state index in [0.717, 1.165) is 22.0 Å². The second-order valence-corrected chi connectivity index (χ2v) is 6.48. The Hall–Kier alpha value is -4.12. The van der Waals surface area contributed by atoms with Gasteiger partial charge in [0.05, 0.1) is 11.9 Å². The number of benzene rings is 1. The third kappa shape index (κ3) is 2.85. The molecule has 28 heavy (non-hydrogen) atoms. The van der Waals surface area contributed by atoms with Crippen molar-refractivity contribution in [3.05, 3.63) is 54.5 Å². The van der Waals surface area contributed by atoms with Crippen LogP contribution >= 0.6 is 0 Å². The topological polar surface area (TPSA) is 129 Å². The predicted molar refractivity (Wildman–Crippen MR) is 106 cm³/mol. The molecule has 0 radical (unpaired) electrons. The van der Waals surface area contributed by atoms with Gasteiger partial charge < -0.3 is 16.0 Å². The molecule has 0 fully saturated rings. The Kier molecular flexibility index (Phi) is 4.05. The van der Waals surface area contributed by atoms with Gasteiger partial charge in [0.15, 0.2) is 0 Å². The lowest BCUT2D eigenvalue weighted by molar-refractivity contribution is -0.118. The first-order valence-corrected chi connectivity index (χ1v) is 8.54. The number of nitriles is 1. The number of amides is 1. The Morgan fingerprint density at radius 2 is 2.04 bits per heavy atom. The number of anilines is 1. The van der Waals surface area contributed by atoms with Gasteiger partial charge in [-0.05, 0) is 12.1 Å². The number of nitrogen functional groups attached to an aromatic ring is 1. The molecule has 0 bridgehead atoms. The summed E-state index contributed by atoms with van der Waals surface area (Å²) in [6, 6.07) is 11.6. The second-order valence-electron chi connectivity index (χ2n) is 6.48. The lowest BCUT2D eigenvalue weighted by Crippen LogP contribution is -2.17. The van der Waals surface area contributed by atoms with Crippen LogP contribution in [0, 0.1) is 11.3 Å². The summed E-state index contributed by atoms with van der Waals surface area (Å²) in [5.74, 6) is -0.302. The summed E-state index contributed by atoms with van der Waals surface area (Å²) >= 11 is 0. The number of rotatable bonds is 4. The number of carbonyl (C=O) groups excluding carboxylic acids is 1. The van der Waals surface area contributed by atoms with Gasteiger partial charge >= 0.3 is 0 Å². The molecule has 0 aliphatic rings. The summed E-state index contributed by atoms with van der Waals surface area (Å²) in [6.07, 6.45) is 5.33. The highest BCUT2D eigenvalue weighted by molar-refractivity contribution is 5.99. The molecule has 4 N–H and O–H groups in total. The van der Waals surface area contributed by atoms with Crippen LogP contribution < -0.4 is 11.5 Å². The van der Waals surface area contributed by atoms with E-state index in [0.29, 0.717) is 11.3 Å². The molecule has 0 unspecified atom stereocenters. The van der Waals surface area contributed by atoms with Crippen LogP contribution in [0.1, 0.15) is 5.56 Å². The van der Waals surface area contributed by atoms with Gasteiger partial charge in [-0.15, -0.1) is 0 Å². The van der Waals surface area contributed by atoms with Gasteiger partial charge in [0.1, 0.15) is 24.0 Å². The molecule has 4 rings (SSSR count). The highest BCUT2D eigenvalue weighted by atomic mass is 16.1. The molecule has 8 heteroatoms. The van der Waals surface area contributed by atoms with Gasteiger partial charge in [0.2, 0.25) is 5.91 Å². The molecular formula is C20H17N7O. The lowest BCUT2D eigenvalue weighted by atomic mass is 9.98. The number of hydrogen-bond donors (Lipinski definition) is 2. The molecule has 0 saturated heterocycles. The number of aromatic nitrogens is 4. The van der Waals surface area contributed by atoms with Crippen LogP contribution in [0.2, 0.25) is 0 Å². The van der Waals surface area contributed by atoms with Crippen molar-refractivity contribution in [1.82, 2.24) is 19.3 Å². The van der Waals surface area contributed by atoms with Crippen LogP contribution in [-0.4, -0.2) is 25.2 Å². The normalized spacial score (nSPS) is 10.9. The average Bonchev–Trinajstić information content (AvgIpc) is 3.25. The number of fused-ring (bicyclic) bond motifs is 1. The fourth-order valence-electron chi connectivity index (χ4n) is 3.36. The molecule has 0 saturated carbocycles.